The van der Waals surface area contributed by atoms with Crippen molar-refractivity contribution in [1.82, 2.24) is 9.55 Å². The number of amides is 1. The van der Waals surface area contributed by atoms with Gasteiger partial charge in [0.2, 0.25) is 0 Å². The number of phenolic OH excluding ortho intramolecular Hbond substituents is 1. The number of aromatic hydroxyl groups is 1. The Morgan fingerprint density at radius 3 is 2.79 bits per heavy atom. The second kappa shape index (κ2) is 8.26. The predicted octanol–water partition coefficient (Wildman–Crippen LogP) is 4.44. The predicted molar refractivity (Wildman–Crippen MR) is 130 cm³/mol. The van der Waals surface area contributed by atoms with Crippen molar-refractivity contribution in [1.29, 1.82) is 0 Å². The molecule has 0 fully saturated rings. The van der Waals surface area contributed by atoms with Crippen LogP contribution in [0.4, 0.5) is 11.4 Å². The Labute approximate surface area is 194 Å². The maximum atomic E-state index is 13.7. The van der Waals surface area contributed by atoms with E-state index in [9.17, 15) is 14.7 Å². The molecule has 0 radical (unpaired) electrons. The summed E-state index contributed by atoms with van der Waals surface area (Å²) in [5, 5.41) is 12.8. The number of halogens is 1. The van der Waals surface area contributed by atoms with Crippen LogP contribution in [0.1, 0.15) is 28.4 Å². The Balaban J connectivity index is 1.58. The van der Waals surface area contributed by atoms with Gasteiger partial charge in [-0.1, -0.05) is 35.9 Å². The van der Waals surface area contributed by atoms with Crippen molar-refractivity contribution in [3.63, 3.8) is 0 Å². The minimum absolute atomic E-state index is 0.0746. The Morgan fingerprint density at radius 2 is 1.97 bits per heavy atom. The van der Waals surface area contributed by atoms with E-state index in [0.717, 1.165) is 24.2 Å². The Morgan fingerprint density at radius 1 is 1.15 bits per heavy atom. The summed E-state index contributed by atoms with van der Waals surface area (Å²) in [6.07, 6.45) is 2.35. The standard InChI is InChI=1S/C25H21ClN4O3/c1-29-12-11-21(16-5-2-3-8-20(16)29)30-14-27-18-6-4-7-19(23(18)25(30)33)28-24(32)15-9-10-22(31)17(26)13-15/h2-10,13-14,21,31H,11-12H2,1H3,(H,28,32). The highest BCUT2D eigenvalue weighted by atomic mass is 35.5. The van der Waals surface area contributed by atoms with Gasteiger partial charge in [-0.15, -0.1) is 0 Å². The van der Waals surface area contributed by atoms with Crippen LogP contribution in [0.15, 0.2) is 71.8 Å². The molecule has 2 heterocycles. The number of phenols is 1. The molecule has 4 aromatic rings. The molecule has 0 aliphatic carbocycles. The first kappa shape index (κ1) is 21.0. The third-order valence-electron chi connectivity index (χ3n) is 6.05. The lowest BCUT2D eigenvalue weighted by molar-refractivity contribution is 0.102. The fourth-order valence-corrected chi connectivity index (χ4v) is 4.53. The molecule has 1 atom stereocenters. The van der Waals surface area contributed by atoms with E-state index in [0.29, 0.717) is 16.6 Å². The van der Waals surface area contributed by atoms with Crippen molar-refractivity contribution in [2.75, 3.05) is 23.8 Å². The van der Waals surface area contributed by atoms with Gasteiger partial charge in [0.1, 0.15) is 5.75 Å². The van der Waals surface area contributed by atoms with Crippen molar-refractivity contribution in [3.8, 4) is 5.75 Å². The van der Waals surface area contributed by atoms with Gasteiger partial charge in [-0.05, 0) is 48.4 Å². The lowest BCUT2D eigenvalue weighted by Crippen LogP contribution is -2.34. The van der Waals surface area contributed by atoms with Gasteiger partial charge in [-0.3, -0.25) is 14.2 Å². The summed E-state index contributed by atoms with van der Waals surface area (Å²) in [5.74, 6) is -0.548. The number of fused-ring (bicyclic) bond motifs is 2. The molecule has 33 heavy (non-hydrogen) atoms. The quantitative estimate of drug-likeness (QED) is 0.472. The highest BCUT2D eigenvalue weighted by Gasteiger charge is 2.26. The molecule has 0 saturated carbocycles. The van der Waals surface area contributed by atoms with Gasteiger partial charge in [0.05, 0.1) is 34.0 Å². The Kier molecular flexibility index (Phi) is 5.26. The molecule has 3 aromatic carbocycles. The van der Waals surface area contributed by atoms with Crippen molar-refractivity contribution >= 4 is 39.8 Å². The molecule has 0 bridgehead atoms. The number of nitrogens with zero attached hydrogens (tertiary/aromatic N) is 3. The van der Waals surface area contributed by atoms with Crippen LogP contribution in [-0.4, -0.2) is 34.2 Å². The first-order chi connectivity index (χ1) is 15.9. The van der Waals surface area contributed by atoms with E-state index in [4.69, 9.17) is 11.6 Å². The maximum absolute atomic E-state index is 13.7. The first-order valence-electron chi connectivity index (χ1n) is 10.5. The summed E-state index contributed by atoms with van der Waals surface area (Å²) in [4.78, 5) is 33.2. The molecule has 0 saturated heterocycles. The number of benzene rings is 3. The second-order valence-electron chi connectivity index (χ2n) is 8.06. The highest BCUT2D eigenvalue weighted by Crippen LogP contribution is 2.35. The summed E-state index contributed by atoms with van der Waals surface area (Å²) in [6.45, 7) is 0.812. The third-order valence-corrected chi connectivity index (χ3v) is 6.35. The molecular weight excluding hydrogens is 440 g/mol. The molecule has 166 valence electrons. The summed E-state index contributed by atoms with van der Waals surface area (Å²) >= 11 is 5.94. The number of para-hydroxylation sites is 1. The van der Waals surface area contributed by atoms with Gasteiger partial charge in [0.25, 0.3) is 11.5 Å². The van der Waals surface area contributed by atoms with Crippen LogP contribution in [0.25, 0.3) is 10.9 Å². The molecule has 2 N–H and O–H groups in total. The number of hydrogen-bond donors (Lipinski definition) is 2. The molecule has 1 unspecified atom stereocenters. The molecule has 1 aliphatic heterocycles. The van der Waals surface area contributed by atoms with Gasteiger partial charge in [0, 0.05) is 24.8 Å². The van der Waals surface area contributed by atoms with Crippen LogP contribution < -0.4 is 15.8 Å². The molecule has 5 rings (SSSR count). The molecule has 1 aliphatic rings. The fourth-order valence-electron chi connectivity index (χ4n) is 4.34. The molecule has 7 nitrogen and oxygen atoms in total. The number of carbonyl (C=O) groups excluding carboxylic acids is 1. The van der Waals surface area contributed by atoms with Crippen LogP contribution >= 0.6 is 11.6 Å². The van der Waals surface area contributed by atoms with E-state index in [1.807, 2.05) is 25.2 Å². The molecule has 1 aromatic heterocycles. The van der Waals surface area contributed by atoms with Crippen LogP contribution in [0.3, 0.4) is 0 Å². The van der Waals surface area contributed by atoms with Crippen molar-refractivity contribution in [2.24, 2.45) is 0 Å². The SMILES string of the molecule is CN1CCC(n2cnc3cccc(NC(=O)c4ccc(O)c(Cl)c4)c3c2=O)c2ccccc21. The van der Waals surface area contributed by atoms with E-state index in [1.54, 1.807) is 29.1 Å². The number of anilines is 2. The lowest BCUT2D eigenvalue weighted by Gasteiger charge is -2.34. The summed E-state index contributed by atoms with van der Waals surface area (Å²) in [7, 11) is 2.04. The van der Waals surface area contributed by atoms with Crippen molar-refractivity contribution in [3.05, 3.63) is 93.5 Å². The summed E-state index contributed by atoms with van der Waals surface area (Å²) < 4.78 is 1.65. The zero-order valence-electron chi connectivity index (χ0n) is 17.8. The summed E-state index contributed by atoms with van der Waals surface area (Å²) in [6, 6.07) is 17.3. The van der Waals surface area contributed by atoms with Gasteiger partial charge in [0.15, 0.2) is 0 Å². The Hall–Kier alpha value is -3.84. The number of aromatic nitrogens is 2. The zero-order chi connectivity index (χ0) is 23.1. The zero-order valence-corrected chi connectivity index (χ0v) is 18.6. The van der Waals surface area contributed by atoms with E-state index in [-0.39, 0.29) is 27.9 Å². The Bertz CT molecular complexity index is 1450. The van der Waals surface area contributed by atoms with E-state index in [1.165, 1.54) is 18.2 Å². The normalized spacial score (nSPS) is 15.3. The lowest BCUT2D eigenvalue weighted by atomic mass is 9.96. The molecule has 1 amide bonds. The van der Waals surface area contributed by atoms with Gasteiger partial charge in [-0.25, -0.2) is 4.98 Å². The largest absolute Gasteiger partial charge is 0.506 e. The number of nitrogens with one attached hydrogen (secondary N) is 1. The topological polar surface area (TPSA) is 87.5 Å². The van der Waals surface area contributed by atoms with Crippen molar-refractivity contribution < 1.29 is 9.90 Å². The van der Waals surface area contributed by atoms with Crippen LogP contribution in [0, 0.1) is 0 Å². The second-order valence-corrected chi connectivity index (χ2v) is 8.47. The maximum Gasteiger partial charge on any atom is 0.263 e. The molecule has 0 spiro atoms. The van der Waals surface area contributed by atoms with Crippen molar-refractivity contribution in [2.45, 2.75) is 12.5 Å². The number of carbonyl (C=O) groups is 1. The van der Waals surface area contributed by atoms with E-state index < -0.39 is 5.91 Å². The molecular formula is C25H21ClN4O3. The number of hydrogen-bond acceptors (Lipinski definition) is 5. The van der Waals surface area contributed by atoms with Crippen LogP contribution in [0.5, 0.6) is 5.75 Å². The van der Waals surface area contributed by atoms with Gasteiger partial charge >= 0.3 is 0 Å². The average molecular weight is 461 g/mol. The average Bonchev–Trinajstić information content (AvgIpc) is 2.82. The van der Waals surface area contributed by atoms with Gasteiger partial charge < -0.3 is 15.3 Å². The highest BCUT2D eigenvalue weighted by molar-refractivity contribution is 6.32. The monoisotopic (exact) mass is 460 g/mol. The van der Waals surface area contributed by atoms with E-state index >= 15 is 0 Å². The molecule has 8 heteroatoms. The smallest absolute Gasteiger partial charge is 0.263 e. The fraction of sp³-hybridized carbons (Fsp3) is 0.160. The number of rotatable bonds is 3. The minimum Gasteiger partial charge on any atom is -0.506 e. The van der Waals surface area contributed by atoms with Crippen LogP contribution in [0.2, 0.25) is 5.02 Å². The first-order valence-corrected chi connectivity index (χ1v) is 10.9. The van der Waals surface area contributed by atoms with E-state index in [2.05, 4.69) is 21.3 Å². The summed E-state index contributed by atoms with van der Waals surface area (Å²) in [5.41, 5.74) is 3.07. The van der Waals surface area contributed by atoms with Crippen LogP contribution in [-0.2, 0) is 0 Å². The third kappa shape index (κ3) is 3.70. The minimum atomic E-state index is -0.441. The van der Waals surface area contributed by atoms with Gasteiger partial charge in [-0.2, -0.15) is 0 Å².